The van der Waals surface area contributed by atoms with E-state index in [9.17, 15) is 0 Å². The van der Waals surface area contributed by atoms with Crippen molar-refractivity contribution in [3.63, 3.8) is 0 Å². The van der Waals surface area contributed by atoms with Gasteiger partial charge in [0.05, 0.1) is 49.8 Å². The normalized spacial score (nSPS) is 12.4. The summed E-state index contributed by atoms with van der Waals surface area (Å²) in [6, 6.07) is 72.7. The minimum absolute atomic E-state index is 0.648. The lowest BCUT2D eigenvalue weighted by Gasteiger charge is -2.13. The number of nitrogens with zero attached hydrogens (tertiary/aromatic N) is 5. The smallest absolute Gasteiger partial charge is 0.235 e. The van der Waals surface area contributed by atoms with Crippen LogP contribution in [0.25, 0.3) is 137 Å². The molecule has 290 valence electrons. The molecule has 0 aliphatic carbocycles. The largest absolute Gasteiger partial charge is 0.309 e. The molecule has 0 atom stereocenters. The second-order valence-electron chi connectivity index (χ2n) is 16.9. The third-order valence-corrected chi connectivity index (χ3v) is 13.7. The number of aromatic nitrogens is 5. The van der Waals surface area contributed by atoms with Gasteiger partial charge >= 0.3 is 0 Å². The summed E-state index contributed by atoms with van der Waals surface area (Å²) in [5.41, 5.74) is 12.1. The highest BCUT2D eigenvalue weighted by Gasteiger charge is 2.27. The summed E-state index contributed by atoms with van der Waals surface area (Å²) in [5.74, 6) is 0.648. The molecule has 0 N–H and O–H groups in total. The van der Waals surface area contributed by atoms with E-state index in [-0.39, 0.29) is 0 Å². The maximum atomic E-state index is 5.71. The molecule has 5 heteroatoms. The second-order valence-corrected chi connectivity index (χ2v) is 16.9. The molecule has 0 aliphatic rings. The maximum absolute atomic E-state index is 5.71. The molecule has 5 aromatic heterocycles. The van der Waals surface area contributed by atoms with Crippen LogP contribution in [-0.4, -0.2) is 23.5 Å². The van der Waals surface area contributed by atoms with Crippen LogP contribution in [0, 0.1) is 0 Å². The Morgan fingerprint density at radius 3 is 1.79 bits per heavy atom. The van der Waals surface area contributed by atoms with Gasteiger partial charge in [0, 0.05) is 65.1 Å². The van der Waals surface area contributed by atoms with Crippen molar-refractivity contribution in [3.05, 3.63) is 200 Å². The fourth-order valence-corrected chi connectivity index (χ4v) is 11.1. The molecule has 5 nitrogen and oxygen atoms in total. The monoisotopic (exact) mass is 799 g/mol. The Bertz CT molecular complexity index is 4440. The van der Waals surface area contributed by atoms with Gasteiger partial charge in [0.15, 0.2) is 0 Å². The van der Waals surface area contributed by atoms with Crippen molar-refractivity contribution >= 4 is 114 Å². The van der Waals surface area contributed by atoms with E-state index >= 15 is 0 Å². The molecule has 63 heavy (non-hydrogen) atoms. The van der Waals surface area contributed by atoms with Gasteiger partial charge in [-0.3, -0.25) is 4.57 Å². The van der Waals surface area contributed by atoms with Gasteiger partial charge in [-0.25, -0.2) is 9.97 Å². The minimum atomic E-state index is 0.648. The fourth-order valence-electron chi connectivity index (χ4n) is 11.1. The lowest BCUT2D eigenvalue weighted by molar-refractivity contribution is 1.02. The van der Waals surface area contributed by atoms with E-state index < -0.39 is 0 Å². The standard InChI is InChI=1S/C58H33N5/c1-2-16-37(17-3-1)61-48-24-12-9-20-40(48)42-29-27-36(32-51(42)61)54-43-22-8-11-23-47(43)59-58(60-54)63-50-31-28-34-14-4-6-18-38(34)52(50)46-33-45-41-21-10-13-25-49(41)62-55-39-19-7-5-15-35(39)26-30-44(55)53(56(45)62)57(46)63/h1-33H. The fraction of sp³-hybridized carbons (Fsp3) is 0. The highest BCUT2D eigenvalue weighted by molar-refractivity contribution is 6.37. The molecule has 0 saturated carbocycles. The van der Waals surface area contributed by atoms with Gasteiger partial charge in [-0.2, -0.15) is 0 Å². The van der Waals surface area contributed by atoms with Crippen LogP contribution in [0.3, 0.4) is 0 Å². The van der Waals surface area contributed by atoms with Crippen molar-refractivity contribution in [1.82, 2.24) is 23.5 Å². The van der Waals surface area contributed by atoms with Crippen molar-refractivity contribution in [1.29, 1.82) is 0 Å². The van der Waals surface area contributed by atoms with Crippen LogP contribution in [0.5, 0.6) is 0 Å². The zero-order valence-electron chi connectivity index (χ0n) is 33.8. The van der Waals surface area contributed by atoms with Crippen molar-refractivity contribution in [2.24, 2.45) is 0 Å². The molecule has 0 fully saturated rings. The van der Waals surface area contributed by atoms with Crippen LogP contribution in [0.1, 0.15) is 0 Å². The average Bonchev–Trinajstić information content (AvgIpc) is 4.08. The maximum Gasteiger partial charge on any atom is 0.235 e. The molecule has 0 saturated heterocycles. The van der Waals surface area contributed by atoms with E-state index in [0.29, 0.717) is 5.95 Å². The summed E-state index contributed by atoms with van der Waals surface area (Å²) in [4.78, 5) is 11.2. The zero-order valence-corrected chi connectivity index (χ0v) is 33.8. The molecule has 0 spiro atoms. The Balaban J connectivity index is 1.12. The third kappa shape index (κ3) is 4.30. The van der Waals surface area contributed by atoms with Crippen LogP contribution in [0.4, 0.5) is 0 Å². The summed E-state index contributed by atoms with van der Waals surface area (Å²) in [6.07, 6.45) is 0. The molecule has 0 radical (unpaired) electrons. The van der Waals surface area contributed by atoms with Crippen molar-refractivity contribution in [3.8, 4) is 22.9 Å². The Morgan fingerprint density at radius 1 is 0.317 bits per heavy atom. The first kappa shape index (κ1) is 33.2. The Kier molecular flexibility index (Phi) is 6.36. The summed E-state index contributed by atoms with van der Waals surface area (Å²) in [6.45, 7) is 0. The lowest BCUT2D eigenvalue weighted by Crippen LogP contribution is -2.04. The van der Waals surface area contributed by atoms with E-state index in [0.717, 1.165) is 44.4 Å². The molecular weight excluding hydrogens is 767 g/mol. The topological polar surface area (TPSA) is 40.0 Å². The van der Waals surface area contributed by atoms with Crippen LogP contribution in [0.15, 0.2) is 200 Å². The number of hydrogen-bond acceptors (Lipinski definition) is 2. The zero-order chi connectivity index (χ0) is 40.9. The van der Waals surface area contributed by atoms with Crippen molar-refractivity contribution in [2.75, 3.05) is 0 Å². The summed E-state index contributed by atoms with van der Waals surface area (Å²) in [5, 5.41) is 15.7. The highest BCUT2D eigenvalue weighted by Crippen LogP contribution is 2.49. The molecule has 10 aromatic carbocycles. The molecule has 0 aliphatic heterocycles. The quantitative estimate of drug-likeness (QED) is 0.179. The van der Waals surface area contributed by atoms with Gasteiger partial charge in [0.25, 0.3) is 0 Å². The summed E-state index contributed by atoms with van der Waals surface area (Å²) >= 11 is 0. The van der Waals surface area contributed by atoms with Crippen molar-refractivity contribution < 1.29 is 0 Å². The van der Waals surface area contributed by atoms with Crippen LogP contribution < -0.4 is 0 Å². The van der Waals surface area contributed by atoms with E-state index in [1.165, 1.54) is 86.7 Å². The van der Waals surface area contributed by atoms with Gasteiger partial charge in [0.1, 0.15) is 0 Å². The number of para-hydroxylation sites is 4. The first-order chi connectivity index (χ1) is 31.3. The highest BCUT2D eigenvalue weighted by atomic mass is 15.2. The van der Waals surface area contributed by atoms with Crippen LogP contribution >= 0.6 is 0 Å². The molecule has 0 unspecified atom stereocenters. The Hall–Kier alpha value is -8.54. The molecule has 15 rings (SSSR count). The Labute approximate surface area is 359 Å². The van der Waals surface area contributed by atoms with E-state index in [1.54, 1.807) is 0 Å². The predicted molar refractivity (Wildman–Crippen MR) is 263 cm³/mol. The molecular formula is C58H33N5. The van der Waals surface area contributed by atoms with E-state index in [1.807, 2.05) is 0 Å². The number of fused-ring (bicyclic) bond motifs is 18. The van der Waals surface area contributed by atoms with Gasteiger partial charge in [-0.05, 0) is 64.7 Å². The van der Waals surface area contributed by atoms with Crippen molar-refractivity contribution in [2.45, 2.75) is 0 Å². The van der Waals surface area contributed by atoms with E-state index in [4.69, 9.17) is 9.97 Å². The third-order valence-electron chi connectivity index (χ3n) is 13.7. The SMILES string of the molecule is c1ccc(-n2c3ccccc3c3ccc(-c4nc(-n5c6ccc7ccccc7c6c6cc7c8ccccc8n8c9c%10ccccc%10ccc9c(c65)c78)nc5ccccc45)cc32)cc1. The number of rotatable bonds is 3. The summed E-state index contributed by atoms with van der Waals surface area (Å²) in [7, 11) is 0. The Morgan fingerprint density at radius 2 is 0.952 bits per heavy atom. The van der Waals surface area contributed by atoms with Gasteiger partial charge in [-0.1, -0.05) is 152 Å². The lowest BCUT2D eigenvalue weighted by atomic mass is 9.99. The summed E-state index contributed by atoms with van der Waals surface area (Å²) < 4.78 is 7.27. The average molecular weight is 800 g/mol. The van der Waals surface area contributed by atoms with Gasteiger partial charge in [-0.15, -0.1) is 0 Å². The number of benzene rings is 10. The van der Waals surface area contributed by atoms with Gasteiger partial charge < -0.3 is 8.97 Å². The molecule has 0 bridgehead atoms. The second kappa shape index (κ2) is 12.1. The van der Waals surface area contributed by atoms with Crippen LogP contribution in [0.2, 0.25) is 0 Å². The first-order valence-corrected chi connectivity index (χ1v) is 21.6. The number of hydrogen-bond donors (Lipinski definition) is 0. The molecule has 5 heterocycles. The van der Waals surface area contributed by atoms with Gasteiger partial charge in [0.2, 0.25) is 5.95 Å². The predicted octanol–water partition coefficient (Wildman–Crippen LogP) is 14.9. The molecule has 0 amide bonds. The van der Waals surface area contributed by atoms with Crippen LogP contribution in [-0.2, 0) is 0 Å². The first-order valence-electron chi connectivity index (χ1n) is 21.6. The van der Waals surface area contributed by atoms with E-state index in [2.05, 4.69) is 214 Å². The molecule has 15 aromatic rings. The minimum Gasteiger partial charge on any atom is -0.309 e.